The first-order valence-electron chi connectivity index (χ1n) is 8.60. The molecule has 3 aromatic heterocycles. The fraction of sp³-hybridized carbons (Fsp3) is 0.0500. The number of benzene rings is 1. The van der Waals surface area contributed by atoms with E-state index in [9.17, 15) is 9.59 Å². The largest absolute Gasteiger partial charge is 0.346 e. The molecule has 8 heteroatoms. The fourth-order valence-electron chi connectivity index (χ4n) is 2.72. The number of pyridine rings is 1. The monoisotopic (exact) mass is 372 g/mol. The summed E-state index contributed by atoms with van der Waals surface area (Å²) in [6, 6.07) is 17.1. The lowest BCUT2D eigenvalue weighted by Gasteiger charge is -2.10. The molecule has 1 amide bonds. The maximum absolute atomic E-state index is 12.6. The minimum Gasteiger partial charge on any atom is -0.346 e. The smallest absolute Gasteiger partial charge is 0.272 e. The molecule has 4 rings (SSSR count). The van der Waals surface area contributed by atoms with E-state index in [1.807, 2.05) is 12.1 Å². The van der Waals surface area contributed by atoms with Crippen LogP contribution in [-0.4, -0.2) is 30.5 Å². The van der Waals surface area contributed by atoms with Crippen LogP contribution in [0, 0.1) is 0 Å². The minimum absolute atomic E-state index is 0.146. The molecule has 0 unspecified atom stereocenters. The SMILES string of the molecule is O=C(NCc1cccnc1-n1cccn1)c1ccc(=O)n(-c2ccccc2)n1. The number of aromatic nitrogens is 5. The number of rotatable bonds is 5. The first-order chi connectivity index (χ1) is 13.7. The molecule has 0 fully saturated rings. The Balaban J connectivity index is 1.55. The van der Waals surface area contributed by atoms with Gasteiger partial charge in [-0.2, -0.15) is 14.9 Å². The zero-order valence-corrected chi connectivity index (χ0v) is 14.8. The van der Waals surface area contributed by atoms with Gasteiger partial charge in [-0.1, -0.05) is 24.3 Å². The maximum atomic E-state index is 12.6. The van der Waals surface area contributed by atoms with Gasteiger partial charge >= 0.3 is 0 Å². The van der Waals surface area contributed by atoms with Crippen LogP contribution in [0.4, 0.5) is 0 Å². The van der Waals surface area contributed by atoms with Crippen LogP contribution < -0.4 is 10.9 Å². The second-order valence-corrected chi connectivity index (χ2v) is 5.92. The third-order valence-corrected chi connectivity index (χ3v) is 4.06. The Morgan fingerprint density at radius 1 is 0.964 bits per heavy atom. The van der Waals surface area contributed by atoms with Gasteiger partial charge in [-0.15, -0.1) is 0 Å². The highest BCUT2D eigenvalue weighted by atomic mass is 16.2. The molecule has 0 aliphatic carbocycles. The van der Waals surface area contributed by atoms with Crippen molar-refractivity contribution in [3.8, 4) is 11.5 Å². The van der Waals surface area contributed by atoms with Crippen molar-refractivity contribution in [2.24, 2.45) is 0 Å². The molecule has 0 saturated carbocycles. The Morgan fingerprint density at radius 3 is 2.61 bits per heavy atom. The van der Waals surface area contributed by atoms with E-state index in [0.717, 1.165) is 5.56 Å². The standard InChI is InChI=1S/C20H16N6O2/c27-18-10-9-17(24-26(18)16-7-2-1-3-8-16)20(28)22-14-15-6-4-11-21-19(15)25-13-5-12-23-25/h1-13H,14H2,(H,22,28). The molecular formula is C20H16N6O2. The van der Waals surface area contributed by atoms with Gasteiger partial charge in [0.25, 0.3) is 11.5 Å². The van der Waals surface area contributed by atoms with Gasteiger partial charge in [0.05, 0.1) is 5.69 Å². The molecule has 0 radical (unpaired) electrons. The number of para-hydroxylation sites is 1. The summed E-state index contributed by atoms with van der Waals surface area (Å²) in [6.45, 7) is 0.244. The molecule has 0 saturated heterocycles. The molecule has 3 heterocycles. The van der Waals surface area contributed by atoms with Crippen LogP contribution in [-0.2, 0) is 6.54 Å². The van der Waals surface area contributed by atoms with E-state index in [4.69, 9.17) is 0 Å². The van der Waals surface area contributed by atoms with Crippen molar-refractivity contribution in [2.75, 3.05) is 0 Å². The summed E-state index contributed by atoms with van der Waals surface area (Å²) in [5, 5.41) is 11.2. The van der Waals surface area contributed by atoms with Crippen molar-refractivity contribution in [3.63, 3.8) is 0 Å². The Morgan fingerprint density at radius 2 is 1.82 bits per heavy atom. The average Bonchev–Trinajstić information content (AvgIpc) is 3.28. The van der Waals surface area contributed by atoms with Gasteiger partial charge in [0.15, 0.2) is 5.82 Å². The molecule has 0 atom stereocenters. The van der Waals surface area contributed by atoms with E-state index in [1.54, 1.807) is 59.7 Å². The van der Waals surface area contributed by atoms with Gasteiger partial charge in [-0.05, 0) is 30.3 Å². The summed E-state index contributed by atoms with van der Waals surface area (Å²) in [4.78, 5) is 29.0. The zero-order valence-electron chi connectivity index (χ0n) is 14.8. The van der Waals surface area contributed by atoms with Crippen LogP contribution in [0.15, 0.2) is 84.0 Å². The van der Waals surface area contributed by atoms with E-state index in [0.29, 0.717) is 11.5 Å². The normalized spacial score (nSPS) is 10.6. The van der Waals surface area contributed by atoms with Gasteiger partial charge in [-0.3, -0.25) is 9.59 Å². The number of nitrogens with one attached hydrogen (secondary N) is 1. The number of hydrogen-bond acceptors (Lipinski definition) is 5. The van der Waals surface area contributed by atoms with Crippen molar-refractivity contribution in [2.45, 2.75) is 6.54 Å². The van der Waals surface area contributed by atoms with Gasteiger partial charge < -0.3 is 5.32 Å². The summed E-state index contributed by atoms with van der Waals surface area (Å²) in [7, 11) is 0. The van der Waals surface area contributed by atoms with Crippen LogP contribution in [0.3, 0.4) is 0 Å². The van der Waals surface area contributed by atoms with E-state index in [2.05, 4.69) is 20.5 Å². The van der Waals surface area contributed by atoms with E-state index < -0.39 is 0 Å². The lowest BCUT2D eigenvalue weighted by molar-refractivity contribution is 0.0944. The number of amides is 1. The van der Waals surface area contributed by atoms with Crippen LogP contribution in [0.25, 0.3) is 11.5 Å². The van der Waals surface area contributed by atoms with E-state index in [-0.39, 0.29) is 23.7 Å². The van der Waals surface area contributed by atoms with Crippen molar-refractivity contribution in [1.29, 1.82) is 0 Å². The summed E-state index contributed by atoms with van der Waals surface area (Å²) in [5.41, 5.74) is 1.23. The Bertz CT molecular complexity index is 1150. The van der Waals surface area contributed by atoms with E-state index in [1.165, 1.54) is 16.8 Å². The average molecular weight is 372 g/mol. The summed E-state index contributed by atoms with van der Waals surface area (Å²) >= 11 is 0. The molecular weight excluding hydrogens is 356 g/mol. The zero-order chi connectivity index (χ0) is 19.3. The highest BCUT2D eigenvalue weighted by molar-refractivity contribution is 5.92. The number of nitrogens with zero attached hydrogens (tertiary/aromatic N) is 5. The third kappa shape index (κ3) is 3.56. The molecule has 8 nitrogen and oxygen atoms in total. The van der Waals surface area contributed by atoms with Crippen molar-refractivity contribution in [1.82, 2.24) is 29.9 Å². The highest BCUT2D eigenvalue weighted by Crippen LogP contribution is 2.10. The summed E-state index contributed by atoms with van der Waals surface area (Å²) < 4.78 is 2.84. The second kappa shape index (κ2) is 7.67. The van der Waals surface area contributed by atoms with Crippen molar-refractivity contribution in [3.05, 3.63) is 101 Å². The quantitative estimate of drug-likeness (QED) is 0.576. The lowest BCUT2D eigenvalue weighted by atomic mass is 10.2. The third-order valence-electron chi connectivity index (χ3n) is 4.06. The number of hydrogen-bond donors (Lipinski definition) is 1. The van der Waals surface area contributed by atoms with E-state index >= 15 is 0 Å². The number of carbonyl (C=O) groups excluding carboxylic acids is 1. The predicted molar refractivity (Wildman–Crippen MR) is 102 cm³/mol. The molecule has 28 heavy (non-hydrogen) atoms. The second-order valence-electron chi connectivity index (χ2n) is 5.92. The highest BCUT2D eigenvalue weighted by Gasteiger charge is 2.12. The van der Waals surface area contributed by atoms with Crippen LogP contribution in [0.1, 0.15) is 16.1 Å². The lowest BCUT2D eigenvalue weighted by Crippen LogP contribution is -2.29. The predicted octanol–water partition coefficient (Wildman–Crippen LogP) is 1.74. The molecule has 1 N–H and O–H groups in total. The molecule has 0 aliphatic rings. The van der Waals surface area contributed by atoms with Gasteiger partial charge in [0, 0.05) is 36.8 Å². The molecule has 1 aromatic carbocycles. The topological polar surface area (TPSA) is 94.7 Å². The first kappa shape index (κ1) is 17.3. The van der Waals surface area contributed by atoms with Gasteiger partial charge in [-0.25, -0.2) is 9.67 Å². The Labute approximate surface area is 160 Å². The summed E-state index contributed by atoms with van der Waals surface area (Å²) in [6.07, 6.45) is 5.11. The van der Waals surface area contributed by atoms with Crippen molar-refractivity contribution < 1.29 is 4.79 Å². The van der Waals surface area contributed by atoms with Crippen molar-refractivity contribution >= 4 is 5.91 Å². The molecule has 0 spiro atoms. The fourth-order valence-corrected chi connectivity index (χ4v) is 2.72. The summed E-state index contributed by atoms with van der Waals surface area (Å²) in [5.74, 6) is 0.245. The molecule has 0 aliphatic heterocycles. The van der Waals surface area contributed by atoms with Gasteiger partial charge in [0.1, 0.15) is 5.69 Å². The minimum atomic E-state index is -0.389. The van der Waals surface area contributed by atoms with Crippen LogP contribution >= 0.6 is 0 Å². The van der Waals surface area contributed by atoms with Crippen LogP contribution in [0.2, 0.25) is 0 Å². The molecule has 138 valence electrons. The molecule has 4 aromatic rings. The molecule has 0 bridgehead atoms. The van der Waals surface area contributed by atoms with Crippen LogP contribution in [0.5, 0.6) is 0 Å². The van der Waals surface area contributed by atoms with Gasteiger partial charge in [0.2, 0.25) is 0 Å². The first-order valence-corrected chi connectivity index (χ1v) is 8.60. The Hall–Kier alpha value is -4.07. The Kier molecular flexibility index (Phi) is 4.75. The number of carbonyl (C=O) groups is 1. The maximum Gasteiger partial charge on any atom is 0.272 e.